The minimum atomic E-state index is -4.41. The molecule has 5 heteroatoms. The van der Waals surface area contributed by atoms with Crippen LogP contribution in [0.2, 0.25) is 0 Å². The molecule has 2 nitrogen and oxygen atoms in total. The molecule has 2 atom stereocenters. The first-order valence-corrected chi connectivity index (χ1v) is 4.96. The molecule has 0 spiro atoms. The fourth-order valence-electron chi connectivity index (χ4n) is 1.69. The minimum Gasteiger partial charge on any atom is -0.350 e. The van der Waals surface area contributed by atoms with Crippen LogP contribution in [-0.2, 0) is 4.74 Å². The summed E-state index contributed by atoms with van der Waals surface area (Å²) in [5, 5.41) is 2.48. The number of halogens is 3. The smallest absolute Gasteiger partial charge is 0.350 e. The maximum absolute atomic E-state index is 12.6. The SMILES string of the molecule is C[C@@]1(C(F)(F)F)NC(c2ccccc2)CO1. The van der Waals surface area contributed by atoms with Gasteiger partial charge in [-0.15, -0.1) is 0 Å². The molecule has 0 amide bonds. The van der Waals surface area contributed by atoms with Crippen molar-refractivity contribution in [2.75, 3.05) is 6.61 Å². The van der Waals surface area contributed by atoms with E-state index >= 15 is 0 Å². The number of hydrogen-bond donors (Lipinski definition) is 1. The number of hydrogen-bond acceptors (Lipinski definition) is 2. The minimum absolute atomic E-state index is 0.0278. The fourth-order valence-corrected chi connectivity index (χ4v) is 1.69. The first-order chi connectivity index (χ1) is 7.42. The van der Waals surface area contributed by atoms with E-state index in [0.29, 0.717) is 0 Å². The van der Waals surface area contributed by atoms with Gasteiger partial charge in [0, 0.05) is 0 Å². The van der Waals surface area contributed by atoms with Gasteiger partial charge in [0.1, 0.15) is 0 Å². The molecule has 1 aromatic rings. The largest absolute Gasteiger partial charge is 0.430 e. The highest BCUT2D eigenvalue weighted by molar-refractivity contribution is 5.20. The molecule has 0 saturated carbocycles. The average Bonchev–Trinajstić information content (AvgIpc) is 2.63. The van der Waals surface area contributed by atoms with Gasteiger partial charge in [0.05, 0.1) is 12.6 Å². The van der Waals surface area contributed by atoms with E-state index in [0.717, 1.165) is 12.5 Å². The summed E-state index contributed by atoms with van der Waals surface area (Å²) in [4.78, 5) is 0. The van der Waals surface area contributed by atoms with Gasteiger partial charge in [0.25, 0.3) is 0 Å². The molecule has 0 aromatic heterocycles. The van der Waals surface area contributed by atoms with Gasteiger partial charge in [-0.1, -0.05) is 30.3 Å². The van der Waals surface area contributed by atoms with Gasteiger partial charge in [-0.3, -0.25) is 5.32 Å². The van der Waals surface area contributed by atoms with Gasteiger partial charge in [-0.05, 0) is 12.5 Å². The van der Waals surface area contributed by atoms with Crippen molar-refractivity contribution in [3.05, 3.63) is 35.9 Å². The van der Waals surface area contributed by atoms with E-state index in [9.17, 15) is 13.2 Å². The Kier molecular flexibility index (Phi) is 2.67. The van der Waals surface area contributed by atoms with E-state index in [1.54, 1.807) is 24.3 Å². The standard InChI is InChI=1S/C11H12F3NO/c1-10(11(12,13)14)15-9(7-16-10)8-5-3-2-4-6-8/h2-6,9,15H,7H2,1H3/t9?,10-/m1/s1. The average molecular weight is 231 g/mol. The van der Waals surface area contributed by atoms with Gasteiger partial charge in [0.15, 0.2) is 0 Å². The summed E-state index contributed by atoms with van der Waals surface area (Å²) in [5.74, 6) is 0. The van der Waals surface area contributed by atoms with E-state index in [1.807, 2.05) is 6.07 Å². The lowest BCUT2D eigenvalue weighted by molar-refractivity contribution is -0.263. The predicted molar refractivity (Wildman–Crippen MR) is 52.7 cm³/mol. The van der Waals surface area contributed by atoms with Crippen LogP contribution in [0.1, 0.15) is 18.5 Å². The lowest BCUT2D eigenvalue weighted by Crippen LogP contribution is -2.51. The van der Waals surface area contributed by atoms with Crippen LogP contribution in [0.5, 0.6) is 0 Å². The van der Waals surface area contributed by atoms with Crippen LogP contribution in [-0.4, -0.2) is 18.5 Å². The molecule has 16 heavy (non-hydrogen) atoms. The van der Waals surface area contributed by atoms with Crippen molar-refractivity contribution in [3.8, 4) is 0 Å². The van der Waals surface area contributed by atoms with Gasteiger partial charge in [-0.25, -0.2) is 0 Å². The highest BCUT2D eigenvalue weighted by Crippen LogP contribution is 2.38. The number of benzene rings is 1. The van der Waals surface area contributed by atoms with Crippen molar-refractivity contribution in [2.24, 2.45) is 0 Å². The first kappa shape index (κ1) is 11.4. The van der Waals surface area contributed by atoms with E-state index in [2.05, 4.69) is 5.32 Å². The Morgan fingerprint density at radius 1 is 1.31 bits per heavy atom. The maximum atomic E-state index is 12.6. The van der Waals surface area contributed by atoms with Crippen LogP contribution in [0.15, 0.2) is 30.3 Å². The zero-order valence-corrected chi connectivity index (χ0v) is 8.71. The second-order valence-electron chi connectivity index (χ2n) is 3.95. The summed E-state index contributed by atoms with van der Waals surface area (Å²) in [6, 6.07) is 8.56. The zero-order chi connectivity index (χ0) is 11.8. The van der Waals surface area contributed by atoms with Crippen molar-refractivity contribution in [2.45, 2.75) is 24.9 Å². The quantitative estimate of drug-likeness (QED) is 0.802. The molecule has 1 fully saturated rings. The summed E-state index contributed by atoms with van der Waals surface area (Å²) in [6.07, 6.45) is -4.41. The summed E-state index contributed by atoms with van der Waals surface area (Å²) in [6.45, 7) is 1.04. The number of rotatable bonds is 1. The van der Waals surface area contributed by atoms with Crippen molar-refractivity contribution < 1.29 is 17.9 Å². The fraction of sp³-hybridized carbons (Fsp3) is 0.455. The third-order valence-corrected chi connectivity index (χ3v) is 2.73. The summed E-state index contributed by atoms with van der Waals surface area (Å²) >= 11 is 0. The normalized spacial score (nSPS) is 30.6. The molecular weight excluding hydrogens is 219 g/mol. The maximum Gasteiger partial charge on any atom is 0.430 e. The highest BCUT2D eigenvalue weighted by Gasteiger charge is 2.56. The predicted octanol–water partition coefficient (Wildman–Crippen LogP) is 2.63. The molecule has 1 N–H and O–H groups in total. The van der Waals surface area contributed by atoms with Crippen molar-refractivity contribution >= 4 is 0 Å². The van der Waals surface area contributed by atoms with Crippen LogP contribution in [0.4, 0.5) is 13.2 Å². The number of ether oxygens (including phenoxy) is 1. The molecule has 0 bridgehead atoms. The van der Waals surface area contributed by atoms with Crippen molar-refractivity contribution in [3.63, 3.8) is 0 Å². The monoisotopic (exact) mass is 231 g/mol. The molecule has 1 heterocycles. The van der Waals surface area contributed by atoms with Crippen molar-refractivity contribution in [1.29, 1.82) is 0 Å². The van der Waals surface area contributed by atoms with Crippen LogP contribution in [0.3, 0.4) is 0 Å². The molecule has 1 aromatic carbocycles. The van der Waals surface area contributed by atoms with E-state index in [4.69, 9.17) is 4.74 Å². The summed E-state index contributed by atoms with van der Waals surface area (Å²) in [5.41, 5.74) is -1.44. The van der Waals surface area contributed by atoms with Crippen LogP contribution < -0.4 is 5.32 Å². The second kappa shape index (κ2) is 3.75. The van der Waals surface area contributed by atoms with Gasteiger partial charge in [-0.2, -0.15) is 13.2 Å². The van der Waals surface area contributed by atoms with Crippen LogP contribution in [0.25, 0.3) is 0 Å². The molecule has 1 saturated heterocycles. The Balaban J connectivity index is 2.15. The summed E-state index contributed by atoms with van der Waals surface area (Å²) < 4.78 is 42.8. The number of nitrogens with one attached hydrogen (secondary N) is 1. The third kappa shape index (κ3) is 1.92. The molecule has 0 radical (unpaired) electrons. The Morgan fingerprint density at radius 3 is 2.44 bits per heavy atom. The Bertz CT molecular complexity index is 365. The first-order valence-electron chi connectivity index (χ1n) is 4.96. The molecular formula is C11H12F3NO. The second-order valence-corrected chi connectivity index (χ2v) is 3.95. The van der Waals surface area contributed by atoms with Crippen molar-refractivity contribution in [1.82, 2.24) is 5.32 Å². The Hall–Kier alpha value is -1.07. The topological polar surface area (TPSA) is 21.3 Å². The zero-order valence-electron chi connectivity index (χ0n) is 8.71. The van der Waals surface area contributed by atoms with Crippen LogP contribution in [0, 0.1) is 0 Å². The molecule has 1 aliphatic heterocycles. The van der Waals surface area contributed by atoms with E-state index in [-0.39, 0.29) is 6.61 Å². The van der Waals surface area contributed by atoms with E-state index < -0.39 is 17.9 Å². The van der Waals surface area contributed by atoms with Gasteiger partial charge in [0.2, 0.25) is 5.72 Å². The Labute approximate surface area is 91.4 Å². The Morgan fingerprint density at radius 2 is 1.94 bits per heavy atom. The lowest BCUT2D eigenvalue weighted by Gasteiger charge is -2.27. The lowest BCUT2D eigenvalue weighted by atomic mass is 10.1. The molecule has 1 unspecified atom stereocenters. The van der Waals surface area contributed by atoms with Gasteiger partial charge < -0.3 is 4.74 Å². The molecule has 88 valence electrons. The number of alkyl halides is 3. The molecule has 1 aliphatic rings. The molecule has 2 rings (SSSR count). The van der Waals surface area contributed by atoms with Crippen LogP contribution >= 0.6 is 0 Å². The highest BCUT2D eigenvalue weighted by atomic mass is 19.4. The third-order valence-electron chi connectivity index (χ3n) is 2.73. The van der Waals surface area contributed by atoms with Gasteiger partial charge >= 0.3 is 6.18 Å². The molecule has 0 aliphatic carbocycles. The summed E-state index contributed by atoms with van der Waals surface area (Å²) in [7, 11) is 0. The van der Waals surface area contributed by atoms with E-state index in [1.165, 1.54) is 0 Å².